The average Bonchev–Trinajstić information content (AvgIpc) is 3.46. The number of hydrogen-bond acceptors (Lipinski definition) is 5. The minimum absolute atomic E-state index is 0.138. The molecule has 162 valence electrons. The van der Waals surface area contributed by atoms with Crippen molar-refractivity contribution in [1.29, 1.82) is 0 Å². The molecule has 0 spiro atoms. The lowest BCUT2D eigenvalue weighted by atomic mass is 10.1. The summed E-state index contributed by atoms with van der Waals surface area (Å²) in [6.07, 6.45) is 4.28. The highest BCUT2D eigenvalue weighted by Crippen LogP contribution is 2.27. The molecule has 1 fully saturated rings. The van der Waals surface area contributed by atoms with Crippen molar-refractivity contribution in [3.63, 3.8) is 0 Å². The van der Waals surface area contributed by atoms with Gasteiger partial charge >= 0.3 is 0 Å². The van der Waals surface area contributed by atoms with Crippen LogP contribution in [0, 0.1) is 0 Å². The van der Waals surface area contributed by atoms with E-state index in [9.17, 15) is 13.2 Å². The molecule has 0 saturated carbocycles. The van der Waals surface area contributed by atoms with Gasteiger partial charge in [0.15, 0.2) is 0 Å². The summed E-state index contributed by atoms with van der Waals surface area (Å²) in [5.41, 5.74) is 2.00. The molecule has 0 unspecified atom stereocenters. The molecule has 0 aliphatic carbocycles. The third kappa shape index (κ3) is 4.95. The molecule has 1 aliphatic rings. The molecule has 0 radical (unpaired) electrons. The van der Waals surface area contributed by atoms with Crippen LogP contribution in [0.15, 0.2) is 66.1 Å². The molecule has 1 N–H and O–H groups in total. The molecule has 1 amide bonds. The van der Waals surface area contributed by atoms with E-state index in [1.54, 1.807) is 11.0 Å². The van der Waals surface area contributed by atoms with Crippen LogP contribution in [-0.2, 0) is 27.9 Å². The molecule has 1 aromatic heterocycles. The first-order valence-corrected chi connectivity index (χ1v) is 11.7. The van der Waals surface area contributed by atoms with Crippen LogP contribution in [0.1, 0.15) is 24.0 Å². The first-order chi connectivity index (χ1) is 14.9. The lowest BCUT2D eigenvalue weighted by molar-refractivity contribution is -0.124. The molecule has 1 saturated heterocycles. The quantitative estimate of drug-likeness (QED) is 0.585. The van der Waals surface area contributed by atoms with Gasteiger partial charge in [-0.05, 0) is 48.2 Å². The Labute approximate surface area is 185 Å². The molecule has 1 aliphatic heterocycles. The van der Waals surface area contributed by atoms with Crippen molar-refractivity contribution in [2.24, 2.45) is 0 Å². The van der Waals surface area contributed by atoms with E-state index in [2.05, 4.69) is 15.4 Å². The smallest absolute Gasteiger partial charge is 0.243 e. The standard InChI is InChI=1S/C21H22ClN5O3S/c22-18-7-9-19(10-8-18)31(29,30)27-11-1-2-20(27)21(28)24-12-16-3-5-17(6-4-16)13-26-15-23-14-25-26/h3-10,14-15,20H,1-2,11-13H2,(H,24,28)/t20-/m1/s1. The van der Waals surface area contributed by atoms with E-state index in [1.807, 2.05) is 24.3 Å². The third-order valence-electron chi connectivity index (χ3n) is 5.23. The van der Waals surface area contributed by atoms with Gasteiger partial charge < -0.3 is 5.32 Å². The second-order valence-corrected chi connectivity index (χ2v) is 9.68. The van der Waals surface area contributed by atoms with Gasteiger partial charge in [0, 0.05) is 18.1 Å². The van der Waals surface area contributed by atoms with Gasteiger partial charge in [0.05, 0.1) is 11.4 Å². The number of halogens is 1. The van der Waals surface area contributed by atoms with Crippen molar-refractivity contribution >= 4 is 27.5 Å². The lowest BCUT2D eigenvalue weighted by Crippen LogP contribution is -2.45. The largest absolute Gasteiger partial charge is 0.351 e. The Bertz CT molecular complexity index is 1130. The number of hydrogen-bond donors (Lipinski definition) is 1. The van der Waals surface area contributed by atoms with Crippen LogP contribution < -0.4 is 5.32 Å². The normalized spacial score (nSPS) is 17.0. The Hall–Kier alpha value is -2.75. The zero-order chi connectivity index (χ0) is 21.8. The molecule has 2 aromatic carbocycles. The maximum absolute atomic E-state index is 13.0. The van der Waals surface area contributed by atoms with Gasteiger partial charge in [-0.3, -0.25) is 4.79 Å². The van der Waals surface area contributed by atoms with Crippen molar-refractivity contribution < 1.29 is 13.2 Å². The summed E-state index contributed by atoms with van der Waals surface area (Å²) in [4.78, 5) is 16.8. The molecule has 0 bridgehead atoms. The van der Waals surface area contributed by atoms with Crippen LogP contribution >= 0.6 is 11.6 Å². The van der Waals surface area contributed by atoms with Crippen LogP contribution in [-0.4, -0.2) is 46.0 Å². The molecule has 4 rings (SSSR count). The van der Waals surface area contributed by atoms with Gasteiger partial charge in [0.1, 0.15) is 18.7 Å². The molecular formula is C21H22ClN5O3S. The number of sulfonamides is 1. The summed E-state index contributed by atoms with van der Waals surface area (Å²) in [5, 5.41) is 7.41. The Morgan fingerprint density at radius 3 is 2.48 bits per heavy atom. The Morgan fingerprint density at radius 1 is 1.10 bits per heavy atom. The summed E-state index contributed by atoms with van der Waals surface area (Å²) in [6, 6.07) is 13.1. The Kier molecular flexibility index (Phi) is 6.35. The highest BCUT2D eigenvalue weighted by Gasteiger charge is 2.39. The molecule has 8 nitrogen and oxygen atoms in total. The van der Waals surface area contributed by atoms with Gasteiger partial charge in [-0.25, -0.2) is 18.1 Å². The van der Waals surface area contributed by atoms with E-state index in [-0.39, 0.29) is 10.8 Å². The third-order valence-corrected chi connectivity index (χ3v) is 7.40. The number of rotatable bonds is 7. The van der Waals surface area contributed by atoms with E-state index in [4.69, 9.17) is 11.6 Å². The summed E-state index contributed by atoms with van der Waals surface area (Å²) in [6.45, 7) is 1.26. The summed E-state index contributed by atoms with van der Waals surface area (Å²) in [7, 11) is -3.76. The fourth-order valence-corrected chi connectivity index (χ4v) is 5.39. The predicted molar refractivity (Wildman–Crippen MR) is 116 cm³/mol. The van der Waals surface area contributed by atoms with Gasteiger partial charge in [0.25, 0.3) is 0 Å². The monoisotopic (exact) mass is 459 g/mol. The maximum atomic E-state index is 13.0. The molecule has 3 aromatic rings. The fraction of sp³-hybridized carbons (Fsp3) is 0.286. The van der Waals surface area contributed by atoms with E-state index < -0.39 is 16.1 Å². The second-order valence-electron chi connectivity index (χ2n) is 7.36. The van der Waals surface area contributed by atoms with Crippen LogP contribution in [0.2, 0.25) is 5.02 Å². The molecule has 10 heteroatoms. The number of nitrogens with zero attached hydrogens (tertiary/aromatic N) is 4. The highest BCUT2D eigenvalue weighted by molar-refractivity contribution is 7.89. The predicted octanol–water partition coefficient (Wildman–Crippen LogP) is 2.45. The number of amides is 1. The molecule has 1 atom stereocenters. The number of aromatic nitrogens is 3. The number of nitrogens with one attached hydrogen (secondary N) is 1. The number of benzene rings is 2. The Balaban J connectivity index is 1.38. The van der Waals surface area contributed by atoms with E-state index >= 15 is 0 Å². The minimum atomic E-state index is -3.76. The van der Waals surface area contributed by atoms with Gasteiger partial charge in [-0.15, -0.1) is 0 Å². The van der Waals surface area contributed by atoms with Crippen molar-refractivity contribution in [3.8, 4) is 0 Å². The zero-order valence-corrected chi connectivity index (χ0v) is 18.3. The van der Waals surface area contributed by atoms with E-state index in [1.165, 1.54) is 34.9 Å². The fourth-order valence-electron chi connectivity index (χ4n) is 3.60. The molecular weight excluding hydrogens is 438 g/mol. The summed E-state index contributed by atoms with van der Waals surface area (Å²) >= 11 is 5.87. The van der Waals surface area contributed by atoms with Crippen molar-refractivity contribution in [2.75, 3.05) is 6.54 Å². The van der Waals surface area contributed by atoms with E-state index in [0.29, 0.717) is 37.5 Å². The van der Waals surface area contributed by atoms with Crippen LogP contribution in [0.25, 0.3) is 0 Å². The second kappa shape index (κ2) is 9.17. The van der Waals surface area contributed by atoms with Gasteiger partial charge in [-0.2, -0.15) is 9.40 Å². The van der Waals surface area contributed by atoms with Crippen molar-refractivity contribution in [1.82, 2.24) is 24.4 Å². The van der Waals surface area contributed by atoms with E-state index in [0.717, 1.165) is 11.1 Å². The summed E-state index contributed by atoms with van der Waals surface area (Å²) < 4.78 is 29.0. The molecule has 2 heterocycles. The van der Waals surface area contributed by atoms with Gasteiger partial charge in [0.2, 0.25) is 15.9 Å². The average molecular weight is 460 g/mol. The summed E-state index contributed by atoms with van der Waals surface area (Å²) in [5.74, 6) is -0.290. The minimum Gasteiger partial charge on any atom is -0.351 e. The first kappa shape index (κ1) is 21.5. The topological polar surface area (TPSA) is 97.2 Å². The zero-order valence-electron chi connectivity index (χ0n) is 16.7. The van der Waals surface area contributed by atoms with Crippen LogP contribution in [0.3, 0.4) is 0 Å². The van der Waals surface area contributed by atoms with Gasteiger partial charge in [-0.1, -0.05) is 35.9 Å². The van der Waals surface area contributed by atoms with Crippen LogP contribution in [0.4, 0.5) is 0 Å². The van der Waals surface area contributed by atoms with Crippen molar-refractivity contribution in [3.05, 3.63) is 77.3 Å². The molecule has 31 heavy (non-hydrogen) atoms. The SMILES string of the molecule is O=C(NCc1ccc(Cn2cncn2)cc1)[C@H]1CCCN1S(=O)(=O)c1ccc(Cl)cc1. The van der Waals surface area contributed by atoms with Crippen LogP contribution in [0.5, 0.6) is 0 Å². The first-order valence-electron chi connectivity index (χ1n) is 9.89. The number of carbonyl (C=O) groups is 1. The Morgan fingerprint density at radius 2 is 1.81 bits per heavy atom. The highest BCUT2D eigenvalue weighted by atomic mass is 35.5. The lowest BCUT2D eigenvalue weighted by Gasteiger charge is -2.23. The van der Waals surface area contributed by atoms with Crippen molar-refractivity contribution in [2.45, 2.75) is 36.9 Å². The maximum Gasteiger partial charge on any atom is 0.243 e. The number of carbonyl (C=O) groups excluding carboxylic acids is 1.